The SMILES string of the molecule is C[C@]12CCC(=O)CC1CCC1C2CC(=O)[C@]2(C)[C@@H](C3=CC(=O)OC3)CC[C@]12O. The van der Waals surface area contributed by atoms with Crippen molar-refractivity contribution >= 4 is 17.5 Å². The Morgan fingerprint density at radius 3 is 2.54 bits per heavy atom. The van der Waals surface area contributed by atoms with E-state index in [1.165, 1.54) is 6.08 Å². The predicted molar refractivity (Wildman–Crippen MR) is 101 cm³/mol. The molecule has 152 valence electrons. The Labute approximate surface area is 165 Å². The molecule has 5 aliphatic rings. The van der Waals surface area contributed by atoms with Gasteiger partial charge < -0.3 is 9.84 Å². The van der Waals surface area contributed by atoms with Crippen molar-refractivity contribution in [3.63, 3.8) is 0 Å². The average Bonchev–Trinajstić information content (AvgIpc) is 3.19. The van der Waals surface area contributed by atoms with Gasteiger partial charge in [0.1, 0.15) is 18.2 Å². The Morgan fingerprint density at radius 1 is 1.04 bits per heavy atom. The zero-order valence-corrected chi connectivity index (χ0v) is 16.8. The quantitative estimate of drug-likeness (QED) is 0.701. The van der Waals surface area contributed by atoms with Gasteiger partial charge in [0.15, 0.2) is 0 Å². The van der Waals surface area contributed by atoms with Gasteiger partial charge in [-0.3, -0.25) is 9.59 Å². The van der Waals surface area contributed by atoms with E-state index in [0.717, 1.165) is 31.3 Å². The first-order valence-corrected chi connectivity index (χ1v) is 10.8. The van der Waals surface area contributed by atoms with E-state index in [-0.39, 0.29) is 41.5 Å². The van der Waals surface area contributed by atoms with E-state index < -0.39 is 11.0 Å². The third-order valence-corrected chi connectivity index (χ3v) is 9.65. The van der Waals surface area contributed by atoms with Crippen LogP contribution in [0.25, 0.3) is 0 Å². The lowest BCUT2D eigenvalue weighted by Gasteiger charge is -2.62. The Balaban J connectivity index is 1.53. The fourth-order valence-electron chi connectivity index (χ4n) is 7.91. The number of fused-ring (bicyclic) bond motifs is 5. The molecule has 1 aliphatic heterocycles. The highest BCUT2D eigenvalue weighted by Crippen LogP contribution is 2.68. The maximum absolute atomic E-state index is 13.6. The van der Waals surface area contributed by atoms with Crippen LogP contribution in [-0.2, 0) is 19.1 Å². The Morgan fingerprint density at radius 2 is 1.82 bits per heavy atom. The van der Waals surface area contributed by atoms with Gasteiger partial charge in [-0.1, -0.05) is 6.92 Å². The van der Waals surface area contributed by atoms with Crippen molar-refractivity contribution in [3.8, 4) is 0 Å². The van der Waals surface area contributed by atoms with Crippen LogP contribution in [0.5, 0.6) is 0 Å². The highest BCUT2D eigenvalue weighted by molar-refractivity contribution is 5.90. The molecule has 5 rings (SSSR count). The van der Waals surface area contributed by atoms with Crippen molar-refractivity contribution < 1.29 is 24.2 Å². The zero-order chi connectivity index (χ0) is 19.9. The van der Waals surface area contributed by atoms with Gasteiger partial charge in [0.2, 0.25) is 0 Å². The number of rotatable bonds is 1. The number of esters is 1. The lowest BCUT2D eigenvalue weighted by molar-refractivity contribution is -0.202. The number of hydrogen-bond acceptors (Lipinski definition) is 5. The minimum Gasteiger partial charge on any atom is -0.458 e. The monoisotopic (exact) mass is 386 g/mol. The van der Waals surface area contributed by atoms with Crippen LogP contribution < -0.4 is 0 Å². The van der Waals surface area contributed by atoms with Crippen LogP contribution in [0, 0.1) is 34.5 Å². The third kappa shape index (κ3) is 2.14. The smallest absolute Gasteiger partial charge is 0.331 e. The molecule has 0 aromatic carbocycles. The first-order chi connectivity index (χ1) is 13.2. The van der Waals surface area contributed by atoms with Crippen LogP contribution in [0.3, 0.4) is 0 Å². The molecule has 5 nitrogen and oxygen atoms in total. The summed E-state index contributed by atoms with van der Waals surface area (Å²) in [6.07, 6.45) is 7.29. The molecule has 4 aliphatic carbocycles. The largest absolute Gasteiger partial charge is 0.458 e. The highest BCUT2D eigenvalue weighted by atomic mass is 16.5. The number of ether oxygens (including phenoxy) is 1. The van der Waals surface area contributed by atoms with Crippen LogP contribution in [0.2, 0.25) is 0 Å². The van der Waals surface area contributed by atoms with Crippen LogP contribution in [0.1, 0.15) is 65.2 Å². The Kier molecular flexibility index (Phi) is 3.82. The molecule has 0 saturated heterocycles. The first-order valence-electron chi connectivity index (χ1n) is 10.8. The molecule has 3 unspecified atom stereocenters. The summed E-state index contributed by atoms with van der Waals surface area (Å²) in [5.74, 6) is 0.623. The van der Waals surface area contributed by atoms with E-state index in [4.69, 9.17) is 4.74 Å². The van der Waals surface area contributed by atoms with Gasteiger partial charge >= 0.3 is 5.97 Å². The fraction of sp³-hybridized carbons (Fsp3) is 0.783. The van der Waals surface area contributed by atoms with Gasteiger partial charge in [-0.2, -0.15) is 0 Å². The molecule has 0 radical (unpaired) electrons. The van der Waals surface area contributed by atoms with Gasteiger partial charge in [0.25, 0.3) is 0 Å². The standard InChI is InChI=1S/C23H30O5/c1-21-7-5-15(24)10-14(21)3-4-17-18(21)11-19(25)22(2)16(6-8-23(17,22)27)13-9-20(26)28-12-13/h9,14,16-18,27H,3-8,10-12H2,1-2H3/t14?,16-,17?,18?,21+,22+,23+/m1/s1. The minimum atomic E-state index is -1.03. The summed E-state index contributed by atoms with van der Waals surface area (Å²) in [4.78, 5) is 37.3. The first kappa shape index (κ1) is 18.5. The average molecular weight is 386 g/mol. The molecule has 0 amide bonds. The van der Waals surface area contributed by atoms with E-state index in [1.807, 2.05) is 6.92 Å². The van der Waals surface area contributed by atoms with Gasteiger partial charge in [-0.25, -0.2) is 4.79 Å². The lowest BCUT2D eigenvalue weighted by Crippen LogP contribution is -2.65. The number of Topliss-reactive ketones (excluding diaryl/α,β-unsaturated/α-hetero) is 2. The van der Waals surface area contributed by atoms with Crippen molar-refractivity contribution in [1.82, 2.24) is 0 Å². The summed E-state index contributed by atoms with van der Waals surface area (Å²) < 4.78 is 5.12. The maximum Gasteiger partial charge on any atom is 0.331 e. The molecule has 0 aromatic rings. The summed E-state index contributed by atoms with van der Waals surface area (Å²) in [6.45, 7) is 4.45. The lowest BCUT2D eigenvalue weighted by atomic mass is 9.43. The van der Waals surface area contributed by atoms with Crippen molar-refractivity contribution in [1.29, 1.82) is 0 Å². The topological polar surface area (TPSA) is 80.7 Å². The van der Waals surface area contributed by atoms with Gasteiger partial charge in [-0.15, -0.1) is 0 Å². The number of carbonyl (C=O) groups excluding carboxylic acids is 3. The predicted octanol–water partition coefficient (Wildman–Crippen LogP) is 2.99. The molecule has 4 saturated carbocycles. The molecule has 1 N–H and O–H groups in total. The van der Waals surface area contributed by atoms with E-state index in [1.54, 1.807) is 0 Å². The van der Waals surface area contributed by atoms with E-state index >= 15 is 0 Å². The summed E-state index contributed by atoms with van der Waals surface area (Å²) >= 11 is 0. The molecule has 4 fully saturated rings. The third-order valence-electron chi connectivity index (χ3n) is 9.65. The number of cyclic esters (lactones) is 1. The molecule has 5 heteroatoms. The van der Waals surface area contributed by atoms with E-state index in [9.17, 15) is 19.5 Å². The second-order valence-corrected chi connectivity index (χ2v) is 10.4. The zero-order valence-electron chi connectivity index (χ0n) is 16.8. The van der Waals surface area contributed by atoms with Gasteiger partial charge in [-0.05, 0) is 73.7 Å². The molecule has 0 spiro atoms. The van der Waals surface area contributed by atoms with Gasteiger partial charge in [0.05, 0.1) is 11.0 Å². The summed E-state index contributed by atoms with van der Waals surface area (Å²) in [6, 6.07) is 0. The van der Waals surface area contributed by atoms with Crippen LogP contribution >= 0.6 is 0 Å². The molecule has 1 heterocycles. The second kappa shape index (κ2) is 5.78. The number of hydrogen-bond donors (Lipinski definition) is 1. The van der Waals surface area contributed by atoms with Crippen molar-refractivity contribution in [2.75, 3.05) is 6.61 Å². The molecular weight excluding hydrogens is 356 g/mol. The normalized spacial score (nSPS) is 50.5. The van der Waals surface area contributed by atoms with Gasteiger partial charge in [0, 0.05) is 25.3 Å². The molecule has 0 bridgehead atoms. The van der Waals surface area contributed by atoms with E-state index in [0.29, 0.717) is 37.4 Å². The molecule has 0 aromatic heterocycles. The van der Waals surface area contributed by atoms with Crippen molar-refractivity contribution in [2.24, 2.45) is 34.5 Å². The maximum atomic E-state index is 13.6. The van der Waals surface area contributed by atoms with Crippen LogP contribution in [0.15, 0.2) is 11.6 Å². The second-order valence-electron chi connectivity index (χ2n) is 10.4. The number of carbonyl (C=O) groups is 3. The minimum absolute atomic E-state index is 0.0344. The van der Waals surface area contributed by atoms with E-state index in [2.05, 4.69) is 6.92 Å². The molecule has 7 atom stereocenters. The number of ketones is 2. The van der Waals surface area contributed by atoms with Crippen LogP contribution in [0.4, 0.5) is 0 Å². The van der Waals surface area contributed by atoms with Crippen molar-refractivity contribution in [3.05, 3.63) is 11.6 Å². The van der Waals surface area contributed by atoms with Crippen LogP contribution in [-0.4, -0.2) is 34.9 Å². The Bertz CT molecular complexity index is 799. The number of aliphatic hydroxyl groups is 1. The summed E-state index contributed by atoms with van der Waals surface area (Å²) in [5.41, 5.74) is -1.03. The van der Waals surface area contributed by atoms with Crippen molar-refractivity contribution in [2.45, 2.75) is 70.8 Å². The molecular formula is C23H30O5. The fourth-order valence-corrected chi connectivity index (χ4v) is 7.91. The Hall–Kier alpha value is -1.49. The molecule has 28 heavy (non-hydrogen) atoms. The summed E-state index contributed by atoms with van der Waals surface area (Å²) in [5, 5.41) is 12.0. The highest BCUT2D eigenvalue weighted by Gasteiger charge is 2.71. The summed E-state index contributed by atoms with van der Waals surface area (Å²) in [7, 11) is 0.